The van der Waals surface area contributed by atoms with Crippen LogP contribution in [-0.4, -0.2) is 45.8 Å². The first-order valence-electron chi connectivity index (χ1n) is 10.5. The maximum atomic E-state index is 12.1. The zero-order chi connectivity index (χ0) is 19.1. The van der Waals surface area contributed by atoms with Gasteiger partial charge in [0.05, 0.1) is 10.7 Å². The Morgan fingerprint density at radius 3 is 2.86 bits per heavy atom. The van der Waals surface area contributed by atoms with Gasteiger partial charge < -0.3 is 10.6 Å². The first-order chi connectivity index (χ1) is 13.2. The molecule has 3 unspecified atom stereocenters. The summed E-state index contributed by atoms with van der Waals surface area (Å²) in [6, 6.07) is 0.385. The third-order valence-electron chi connectivity index (χ3n) is 5.60. The Hall–Kier alpha value is -0.220. The smallest absolute Gasteiger partial charge is 0.191 e. The van der Waals surface area contributed by atoms with E-state index in [9.17, 15) is 4.21 Å². The van der Waals surface area contributed by atoms with Crippen molar-refractivity contribution in [2.45, 2.75) is 82.4 Å². The van der Waals surface area contributed by atoms with Crippen LogP contribution in [0.4, 0.5) is 0 Å². The van der Waals surface area contributed by atoms with Gasteiger partial charge in [0.2, 0.25) is 0 Å². The highest BCUT2D eigenvalue weighted by molar-refractivity contribution is 14.0. The molecule has 2 aliphatic rings. The minimum Gasteiger partial charge on any atom is -0.356 e. The van der Waals surface area contributed by atoms with Crippen molar-refractivity contribution < 1.29 is 4.21 Å². The number of nitrogens with zero attached hydrogens (tertiary/aromatic N) is 2. The second-order valence-electron chi connectivity index (χ2n) is 7.59. The SMILES string of the molecule is CCS(=O)C1CCCC(NC(=NC)NCCCc2nc3c(s2)CCCC3)C1.I. The van der Waals surface area contributed by atoms with Gasteiger partial charge in [-0.1, -0.05) is 13.3 Å². The quantitative estimate of drug-likeness (QED) is 0.240. The topological polar surface area (TPSA) is 66.4 Å². The highest BCUT2D eigenvalue weighted by atomic mass is 127. The van der Waals surface area contributed by atoms with Crippen molar-refractivity contribution in [1.29, 1.82) is 0 Å². The average Bonchev–Trinajstić information content (AvgIpc) is 3.12. The standard InChI is InChI=1S/C20H34N4OS2.HI/c1-3-27(25)16-9-6-8-15(14-16)23-20(21-2)22-13-7-12-19-24-17-10-4-5-11-18(17)26-19;/h15-16H,3-14H2,1-2H3,(H2,21,22,23);1H. The molecule has 3 rings (SSSR count). The molecular formula is C20H35IN4OS2. The van der Waals surface area contributed by atoms with Crippen LogP contribution in [0.1, 0.15) is 67.4 Å². The minimum atomic E-state index is -0.682. The molecule has 8 heteroatoms. The van der Waals surface area contributed by atoms with Crippen LogP contribution >= 0.6 is 35.3 Å². The molecule has 1 saturated carbocycles. The van der Waals surface area contributed by atoms with Crippen LogP contribution in [0, 0.1) is 0 Å². The molecule has 1 heterocycles. The summed E-state index contributed by atoms with van der Waals surface area (Å²) in [7, 11) is 1.15. The van der Waals surface area contributed by atoms with Crippen LogP contribution in [0.2, 0.25) is 0 Å². The number of guanidine groups is 1. The molecule has 1 aromatic rings. The molecule has 2 N–H and O–H groups in total. The fourth-order valence-electron chi connectivity index (χ4n) is 4.10. The molecular weight excluding hydrogens is 503 g/mol. The van der Waals surface area contributed by atoms with E-state index in [4.69, 9.17) is 4.98 Å². The van der Waals surface area contributed by atoms with Gasteiger partial charge in [-0.25, -0.2) is 4.98 Å². The molecule has 0 aliphatic heterocycles. The lowest BCUT2D eigenvalue weighted by Gasteiger charge is -2.30. The molecule has 0 saturated heterocycles. The molecule has 1 aromatic heterocycles. The van der Waals surface area contributed by atoms with Gasteiger partial charge in [-0.05, 0) is 51.4 Å². The maximum Gasteiger partial charge on any atom is 0.191 e. The number of aromatic nitrogens is 1. The van der Waals surface area contributed by atoms with E-state index in [2.05, 4.69) is 15.6 Å². The summed E-state index contributed by atoms with van der Waals surface area (Å²) in [4.78, 5) is 10.7. The fraction of sp³-hybridized carbons (Fsp3) is 0.800. The lowest BCUT2D eigenvalue weighted by atomic mass is 9.95. The molecule has 0 spiro atoms. The Morgan fingerprint density at radius 1 is 1.29 bits per heavy atom. The summed E-state index contributed by atoms with van der Waals surface area (Å²) in [6.45, 7) is 2.92. The monoisotopic (exact) mass is 538 g/mol. The molecule has 160 valence electrons. The van der Waals surface area contributed by atoms with Crippen molar-refractivity contribution in [3.8, 4) is 0 Å². The zero-order valence-corrected chi connectivity index (χ0v) is 21.1. The van der Waals surface area contributed by atoms with E-state index in [0.717, 1.165) is 56.8 Å². The Bertz CT molecular complexity index is 641. The van der Waals surface area contributed by atoms with Gasteiger partial charge in [0, 0.05) is 52.7 Å². The van der Waals surface area contributed by atoms with E-state index in [1.807, 2.05) is 25.3 Å². The van der Waals surface area contributed by atoms with Crippen molar-refractivity contribution in [3.63, 3.8) is 0 Å². The first-order valence-corrected chi connectivity index (χ1v) is 12.7. The lowest BCUT2D eigenvalue weighted by molar-refractivity contribution is 0.413. The number of hydrogen-bond donors (Lipinski definition) is 2. The van der Waals surface area contributed by atoms with Crippen molar-refractivity contribution >= 4 is 52.1 Å². The summed E-state index contributed by atoms with van der Waals surface area (Å²) >= 11 is 1.92. The number of nitrogens with one attached hydrogen (secondary N) is 2. The van der Waals surface area contributed by atoms with Crippen molar-refractivity contribution in [2.75, 3.05) is 19.3 Å². The number of aryl methyl sites for hydroxylation is 3. The van der Waals surface area contributed by atoms with Crippen LogP contribution in [0.15, 0.2) is 4.99 Å². The minimum absolute atomic E-state index is 0. The molecule has 28 heavy (non-hydrogen) atoms. The number of aliphatic imine (C=N–C) groups is 1. The Kier molecular flexibility index (Phi) is 10.7. The van der Waals surface area contributed by atoms with Gasteiger partial charge in [0.25, 0.3) is 0 Å². The van der Waals surface area contributed by atoms with Gasteiger partial charge in [-0.15, -0.1) is 35.3 Å². The average molecular weight is 539 g/mol. The van der Waals surface area contributed by atoms with Crippen LogP contribution in [0.3, 0.4) is 0 Å². The van der Waals surface area contributed by atoms with Crippen molar-refractivity contribution in [3.05, 3.63) is 15.6 Å². The van der Waals surface area contributed by atoms with E-state index in [-0.39, 0.29) is 24.0 Å². The molecule has 3 atom stereocenters. The first kappa shape index (κ1) is 24.1. The lowest BCUT2D eigenvalue weighted by Crippen LogP contribution is -2.46. The summed E-state index contributed by atoms with van der Waals surface area (Å²) in [6.07, 6.45) is 11.5. The van der Waals surface area contributed by atoms with Gasteiger partial charge in [0.15, 0.2) is 5.96 Å². The van der Waals surface area contributed by atoms with Crippen molar-refractivity contribution in [2.24, 2.45) is 4.99 Å². The predicted octanol–water partition coefficient (Wildman–Crippen LogP) is 3.82. The normalized spacial score (nSPS) is 23.4. The summed E-state index contributed by atoms with van der Waals surface area (Å²) in [5.74, 6) is 1.64. The number of fused-ring (bicyclic) bond motifs is 1. The van der Waals surface area contributed by atoms with E-state index in [1.165, 1.54) is 41.3 Å². The Morgan fingerprint density at radius 2 is 2.11 bits per heavy atom. The molecule has 0 bridgehead atoms. The van der Waals surface area contributed by atoms with Crippen LogP contribution in [0.25, 0.3) is 0 Å². The van der Waals surface area contributed by atoms with Gasteiger partial charge in [-0.3, -0.25) is 9.20 Å². The zero-order valence-electron chi connectivity index (χ0n) is 17.2. The van der Waals surface area contributed by atoms with Crippen molar-refractivity contribution in [1.82, 2.24) is 15.6 Å². The number of rotatable bonds is 7. The summed E-state index contributed by atoms with van der Waals surface area (Å²) < 4.78 is 12.1. The fourth-order valence-corrected chi connectivity index (χ4v) is 6.64. The molecule has 0 aromatic carbocycles. The maximum absolute atomic E-state index is 12.1. The van der Waals surface area contributed by atoms with Gasteiger partial charge >= 0.3 is 0 Å². The highest BCUT2D eigenvalue weighted by Gasteiger charge is 2.26. The van der Waals surface area contributed by atoms with Gasteiger partial charge in [0.1, 0.15) is 0 Å². The summed E-state index contributed by atoms with van der Waals surface area (Å²) in [5.41, 5.74) is 1.36. The molecule has 1 fully saturated rings. The number of halogens is 1. The number of hydrogen-bond acceptors (Lipinski definition) is 4. The van der Waals surface area contributed by atoms with Crippen LogP contribution in [0.5, 0.6) is 0 Å². The summed E-state index contributed by atoms with van der Waals surface area (Å²) in [5, 5.41) is 8.63. The van der Waals surface area contributed by atoms with E-state index in [0.29, 0.717) is 11.3 Å². The second-order valence-corrected chi connectivity index (χ2v) is 10.8. The van der Waals surface area contributed by atoms with Gasteiger partial charge in [-0.2, -0.15) is 0 Å². The molecule has 2 aliphatic carbocycles. The van der Waals surface area contributed by atoms with Crippen LogP contribution < -0.4 is 10.6 Å². The third kappa shape index (κ3) is 6.93. The highest BCUT2D eigenvalue weighted by Crippen LogP contribution is 2.27. The number of thiazole rings is 1. The van der Waals surface area contributed by atoms with Crippen LogP contribution in [-0.2, 0) is 30.1 Å². The van der Waals surface area contributed by atoms with E-state index in [1.54, 1.807) is 0 Å². The Balaban J connectivity index is 0.00000280. The van der Waals surface area contributed by atoms with E-state index < -0.39 is 10.8 Å². The Labute approximate surface area is 193 Å². The molecule has 5 nitrogen and oxygen atoms in total. The largest absolute Gasteiger partial charge is 0.356 e. The van der Waals surface area contributed by atoms with E-state index >= 15 is 0 Å². The third-order valence-corrected chi connectivity index (χ3v) is 8.55. The predicted molar refractivity (Wildman–Crippen MR) is 132 cm³/mol. The second kappa shape index (κ2) is 12.5. The molecule has 0 amide bonds. The molecule has 0 radical (unpaired) electrons.